The Labute approximate surface area is 128 Å². The maximum absolute atomic E-state index is 12.4. The molecular weight excluding hydrogens is 256 g/mol. The van der Waals surface area contributed by atoms with Crippen LogP contribution < -0.4 is 0 Å². The Morgan fingerprint density at radius 3 is 2.67 bits per heavy atom. The molecule has 1 aromatic carbocycles. The lowest BCUT2D eigenvalue weighted by Gasteiger charge is -2.02. The van der Waals surface area contributed by atoms with Gasteiger partial charge in [-0.05, 0) is 24.0 Å². The second-order valence-electron chi connectivity index (χ2n) is 5.62. The summed E-state index contributed by atoms with van der Waals surface area (Å²) in [6.07, 6.45) is 6.64. The van der Waals surface area contributed by atoms with Gasteiger partial charge in [0.05, 0.1) is 0 Å². The van der Waals surface area contributed by atoms with Crippen LogP contribution in [0.25, 0.3) is 5.57 Å². The van der Waals surface area contributed by atoms with E-state index in [0.29, 0.717) is 6.42 Å². The van der Waals surface area contributed by atoms with Crippen molar-refractivity contribution in [2.24, 2.45) is 0 Å². The van der Waals surface area contributed by atoms with E-state index < -0.39 is 0 Å². The van der Waals surface area contributed by atoms with E-state index in [1.54, 1.807) is 0 Å². The maximum atomic E-state index is 12.4. The van der Waals surface area contributed by atoms with Crippen LogP contribution in [-0.4, -0.2) is 5.78 Å². The van der Waals surface area contributed by atoms with Crippen molar-refractivity contribution in [3.8, 4) is 11.8 Å². The molecule has 1 aliphatic rings. The molecule has 1 aliphatic carbocycles. The molecule has 0 bridgehead atoms. The van der Waals surface area contributed by atoms with Crippen LogP contribution in [0, 0.1) is 11.8 Å². The summed E-state index contributed by atoms with van der Waals surface area (Å²) in [7, 11) is 0. The lowest BCUT2D eigenvalue weighted by molar-refractivity contribution is -0.115. The molecule has 0 saturated carbocycles. The van der Waals surface area contributed by atoms with Gasteiger partial charge in [0, 0.05) is 30.4 Å². The molecule has 0 atom stereocenters. The van der Waals surface area contributed by atoms with Gasteiger partial charge in [-0.1, -0.05) is 62.8 Å². The molecule has 1 nitrogen and oxygen atoms in total. The van der Waals surface area contributed by atoms with Gasteiger partial charge in [0.1, 0.15) is 0 Å². The molecule has 0 spiro atoms. The SMILES string of the molecule is CCCCC#CC1=C(C(=O)CCCC)Cc2ccccc21. The third-order valence-electron chi connectivity index (χ3n) is 3.92. The maximum Gasteiger partial charge on any atom is 0.160 e. The fraction of sp³-hybridized carbons (Fsp3) is 0.450. The van der Waals surface area contributed by atoms with E-state index in [4.69, 9.17) is 0 Å². The lowest BCUT2D eigenvalue weighted by atomic mass is 10.0. The van der Waals surface area contributed by atoms with Crippen molar-refractivity contribution in [3.05, 3.63) is 41.0 Å². The van der Waals surface area contributed by atoms with E-state index in [9.17, 15) is 4.79 Å². The zero-order valence-electron chi connectivity index (χ0n) is 13.2. The number of allylic oxidation sites excluding steroid dienone is 2. The highest BCUT2D eigenvalue weighted by Crippen LogP contribution is 2.33. The fourth-order valence-electron chi connectivity index (χ4n) is 2.64. The summed E-state index contributed by atoms with van der Waals surface area (Å²) in [5.74, 6) is 6.82. The molecular formula is C20H24O. The van der Waals surface area contributed by atoms with Gasteiger partial charge < -0.3 is 0 Å². The largest absolute Gasteiger partial charge is 0.294 e. The Bertz CT molecular complexity index is 596. The number of hydrogen-bond donors (Lipinski definition) is 0. The van der Waals surface area contributed by atoms with Crippen LogP contribution in [0.2, 0.25) is 0 Å². The Kier molecular flexibility index (Phi) is 5.81. The molecule has 0 aliphatic heterocycles. The molecule has 1 aromatic rings. The van der Waals surface area contributed by atoms with Crippen LogP contribution in [0.3, 0.4) is 0 Å². The van der Waals surface area contributed by atoms with E-state index >= 15 is 0 Å². The minimum Gasteiger partial charge on any atom is -0.294 e. The van der Waals surface area contributed by atoms with Crippen LogP contribution in [0.15, 0.2) is 29.8 Å². The molecule has 0 fully saturated rings. The third kappa shape index (κ3) is 3.85. The zero-order valence-corrected chi connectivity index (χ0v) is 13.2. The summed E-state index contributed by atoms with van der Waals surface area (Å²) in [5, 5.41) is 0. The molecule has 110 valence electrons. The highest BCUT2D eigenvalue weighted by atomic mass is 16.1. The first kappa shape index (κ1) is 15.6. The van der Waals surface area contributed by atoms with Gasteiger partial charge in [-0.25, -0.2) is 0 Å². The third-order valence-corrected chi connectivity index (χ3v) is 3.92. The molecule has 0 amide bonds. The number of fused-ring (bicyclic) bond motifs is 1. The number of carbonyl (C=O) groups is 1. The van der Waals surface area contributed by atoms with Gasteiger partial charge in [-0.3, -0.25) is 4.79 Å². The van der Waals surface area contributed by atoms with Crippen molar-refractivity contribution < 1.29 is 4.79 Å². The molecule has 0 aromatic heterocycles. The van der Waals surface area contributed by atoms with Crippen molar-refractivity contribution in [3.63, 3.8) is 0 Å². The van der Waals surface area contributed by atoms with Gasteiger partial charge in [0.25, 0.3) is 0 Å². The van der Waals surface area contributed by atoms with E-state index in [1.807, 2.05) is 12.1 Å². The van der Waals surface area contributed by atoms with E-state index in [2.05, 4.69) is 37.8 Å². The van der Waals surface area contributed by atoms with Crippen LogP contribution >= 0.6 is 0 Å². The van der Waals surface area contributed by atoms with Gasteiger partial charge in [-0.2, -0.15) is 0 Å². The molecule has 0 heterocycles. The monoisotopic (exact) mass is 280 g/mol. The fourth-order valence-corrected chi connectivity index (χ4v) is 2.64. The first-order chi connectivity index (χ1) is 10.3. The van der Waals surface area contributed by atoms with Crippen molar-refractivity contribution in [1.29, 1.82) is 0 Å². The zero-order chi connectivity index (χ0) is 15.1. The lowest BCUT2D eigenvalue weighted by Crippen LogP contribution is -2.03. The smallest absolute Gasteiger partial charge is 0.160 e. The molecule has 0 N–H and O–H groups in total. The highest BCUT2D eigenvalue weighted by Gasteiger charge is 2.24. The summed E-state index contributed by atoms with van der Waals surface area (Å²) in [6.45, 7) is 4.29. The first-order valence-corrected chi connectivity index (χ1v) is 8.11. The topological polar surface area (TPSA) is 17.1 Å². The van der Waals surface area contributed by atoms with Crippen molar-refractivity contribution in [2.75, 3.05) is 0 Å². The Morgan fingerprint density at radius 2 is 1.90 bits per heavy atom. The molecule has 0 radical (unpaired) electrons. The van der Waals surface area contributed by atoms with Crippen LogP contribution in [-0.2, 0) is 11.2 Å². The van der Waals surface area contributed by atoms with Gasteiger partial charge >= 0.3 is 0 Å². The van der Waals surface area contributed by atoms with Gasteiger partial charge in [0.2, 0.25) is 0 Å². The first-order valence-electron chi connectivity index (χ1n) is 8.11. The number of hydrogen-bond acceptors (Lipinski definition) is 1. The van der Waals surface area contributed by atoms with Gasteiger partial charge in [0.15, 0.2) is 5.78 Å². The standard InChI is InChI=1S/C20H24O/c1-3-5-7-8-13-18-17-12-10-9-11-16(17)15-19(18)20(21)14-6-4-2/h9-12H,3-7,14-15H2,1-2H3. The second kappa shape index (κ2) is 7.84. The van der Waals surface area contributed by atoms with Crippen molar-refractivity contribution in [1.82, 2.24) is 0 Å². The molecule has 0 unspecified atom stereocenters. The predicted molar refractivity (Wildman–Crippen MR) is 88.9 cm³/mol. The number of Topliss-reactive ketones (excluding diaryl/α,β-unsaturated/α-hetero) is 1. The summed E-state index contributed by atoms with van der Waals surface area (Å²) in [4.78, 5) is 12.4. The molecule has 0 saturated heterocycles. The van der Waals surface area contributed by atoms with E-state index in [1.165, 1.54) is 11.1 Å². The molecule has 2 rings (SSSR count). The van der Waals surface area contributed by atoms with Crippen LogP contribution in [0.1, 0.15) is 63.5 Å². The normalized spacial score (nSPS) is 12.9. The number of benzene rings is 1. The molecule has 1 heteroatoms. The van der Waals surface area contributed by atoms with Crippen molar-refractivity contribution in [2.45, 2.75) is 58.8 Å². The second-order valence-corrected chi connectivity index (χ2v) is 5.62. The number of unbranched alkanes of at least 4 members (excludes halogenated alkanes) is 3. The summed E-state index contributed by atoms with van der Waals surface area (Å²) < 4.78 is 0. The molecule has 21 heavy (non-hydrogen) atoms. The average Bonchev–Trinajstić information content (AvgIpc) is 2.88. The Morgan fingerprint density at radius 1 is 1.14 bits per heavy atom. The summed E-state index contributed by atoms with van der Waals surface area (Å²) in [6, 6.07) is 8.29. The number of rotatable bonds is 6. The quantitative estimate of drug-likeness (QED) is 0.532. The van der Waals surface area contributed by atoms with Crippen LogP contribution in [0.5, 0.6) is 0 Å². The van der Waals surface area contributed by atoms with E-state index in [-0.39, 0.29) is 5.78 Å². The number of carbonyl (C=O) groups excluding carboxylic acids is 1. The minimum atomic E-state index is 0.285. The Hall–Kier alpha value is -1.81. The van der Waals surface area contributed by atoms with Crippen LogP contribution in [0.4, 0.5) is 0 Å². The Balaban J connectivity index is 2.27. The van der Waals surface area contributed by atoms with Gasteiger partial charge in [-0.15, -0.1) is 0 Å². The summed E-state index contributed by atoms with van der Waals surface area (Å²) >= 11 is 0. The number of ketones is 1. The average molecular weight is 280 g/mol. The predicted octanol–water partition coefficient (Wildman–Crippen LogP) is 4.95. The van der Waals surface area contributed by atoms with Crippen molar-refractivity contribution >= 4 is 11.4 Å². The minimum absolute atomic E-state index is 0.285. The van der Waals surface area contributed by atoms with E-state index in [0.717, 1.165) is 49.7 Å². The highest BCUT2D eigenvalue weighted by molar-refractivity contribution is 6.08. The summed E-state index contributed by atoms with van der Waals surface area (Å²) in [5.41, 5.74) is 4.34.